The largest absolute Gasteiger partial charge is 0.325 e. The van der Waals surface area contributed by atoms with Crippen LogP contribution in [0.1, 0.15) is 19.3 Å². The monoisotopic (exact) mass is 407 g/mol. The van der Waals surface area contributed by atoms with Crippen LogP contribution in [0, 0.1) is 0 Å². The molecule has 1 saturated heterocycles. The van der Waals surface area contributed by atoms with E-state index < -0.39 is 0 Å². The van der Waals surface area contributed by atoms with Gasteiger partial charge in [-0.25, -0.2) is 9.97 Å². The summed E-state index contributed by atoms with van der Waals surface area (Å²) in [6.45, 7) is 0.897. The van der Waals surface area contributed by atoms with Crippen LogP contribution in [0.15, 0.2) is 60.8 Å². The third kappa shape index (κ3) is 4.91. The van der Waals surface area contributed by atoms with Gasteiger partial charge < -0.3 is 16.0 Å². The minimum atomic E-state index is -0.109. The fourth-order valence-electron chi connectivity index (χ4n) is 3.31. The molecule has 0 aliphatic carbocycles. The molecular formula is C22H22ClN5O. The van der Waals surface area contributed by atoms with Crippen molar-refractivity contribution in [3.05, 3.63) is 65.8 Å². The molecule has 7 heteroatoms. The van der Waals surface area contributed by atoms with Gasteiger partial charge in [-0.15, -0.1) is 0 Å². The Morgan fingerprint density at radius 1 is 1.03 bits per heavy atom. The molecule has 1 aromatic heterocycles. The lowest BCUT2D eigenvalue weighted by molar-refractivity contribution is -0.118. The highest BCUT2D eigenvalue weighted by molar-refractivity contribution is 6.33. The van der Waals surface area contributed by atoms with Crippen molar-refractivity contribution in [1.82, 2.24) is 15.3 Å². The van der Waals surface area contributed by atoms with Gasteiger partial charge in [0.2, 0.25) is 11.9 Å². The zero-order valence-corrected chi connectivity index (χ0v) is 16.6. The molecular weight excluding hydrogens is 386 g/mol. The van der Waals surface area contributed by atoms with Crippen LogP contribution >= 0.6 is 11.6 Å². The quantitative estimate of drug-likeness (QED) is 0.575. The van der Waals surface area contributed by atoms with E-state index in [1.165, 1.54) is 0 Å². The molecule has 3 N–H and O–H groups in total. The van der Waals surface area contributed by atoms with E-state index in [-0.39, 0.29) is 11.9 Å². The number of hydrogen-bond acceptors (Lipinski definition) is 5. The Hall–Kier alpha value is -2.96. The maximum Gasteiger partial charge on any atom is 0.241 e. The third-order valence-corrected chi connectivity index (χ3v) is 5.17. The first-order valence-electron chi connectivity index (χ1n) is 9.68. The standard InChI is InChI=1S/C22H22ClN5O/c23-18-6-2-1-5-17(18)19-12-14-25-22(28-19)27-16-10-8-15(9-11-16)26-21(29)20-7-3-4-13-24-20/h1-2,5-6,8-12,14,20,24H,3-4,7,13H2,(H,26,29)(H,25,27,28)/t20-/m0/s1. The highest BCUT2D eigenvalue weighted by atomic mass is 35.5. The number of carbonyl (C=O) groups is 1. The first kappa shape index (κ1) is 19.4. The van der Waals surface area contributed by atoms with Crippen molar-refractivity contribution >= 4 is 34.8 Å². The molecule has 0 saturated carbocycles. The number of nitrogens with one attached hydrogen (secondary N) is 3. The minimum absolute atomic E-state index is 0.0150. The first-order chi connectivity index (χ1) is 14.2. The van der Waals surface area contributed by atoms with Crippen LogP contribution in [-0.2, 0) is 4.79 Å². The van der Waals surface area contributed by atoms with Gasteiger partial charge in [0.05, 0.1) is 11.7 Å². The summed E-state index contributed by atoms with van der Waals surface area (Å²) >= 11 is 6.27. The van der Waals surface area contributed by atoms with Crippen LogP contribution in [0.25, 0.3) is 11.3 Å². The summed E-state index contributed by atoms with van der Waals surface area (Å²) in [5.74, 6) is 0.492. The van der Waals surface area contributed by atoms with Crippen LogP contribution < -0.4 is 16.0 Å². The number of benzene rings is 2. The molecule has 2 aromatic carbocycles. The van der Waals surface area contributed by atoms with E-state index in [1.54, 1.807) is 6.20 Å². The number of hydrogen-bond donors (Lipinski definition) is 3. The van der Waals surface area contributed by atoms with Crippen molar-refractivity contribution in [1.29, 1.82) is 0 Å². The Bertz CT molecular complexity index is 987. The zero-order valence-electron chi connectivity index (χ0n) is 15.9. The van der Waals surface area contributed by atoms with E-state index in [0.29, 0.717) is 11.0 Å². The molecule has 0 radical (unpaired) electrons. The summed E-state index contributed by atoms with van der Waals surface area (Å²) in [5, 5.41) is 10.1. The SMILES string of the molecule is O=C(Nc1ccc(Nc2nccc(-c3ccccc3Cl)n2)cc1)[C@@H]1CCCCN1. The summed E-state index contributed by atoms with van der Waals surface area (Å²) in [5.41, 5.74) is 3.19. The molecule has 2 heterocycles. The molecule has 148 valence electrons. The fourth-order valence-corrected chi connectivity index (χ4v) is 3.54. The predicted octanol–water partition coefficient (Wildman–Crippen LogP) is 4.62. The number of amides is 1. The highest BCUT2D eigenvalue weighted by Crippen LogP contribution is 2.26. The lowest BCUT2D eigenvalue weighted by atomic mass is 10.0. The smallest absolute Gasteiger partial charge is 0.241 e. The summed E-state index contributed by atoms with van der Waals surface area (Å²) in [7, 11) is 0. The number of piperidine rings is 1. The van der Waals surface area contributed by atoms with Gasteiger partial charge in [0.25, 0.3) is 0 Å². The number of nitrogens with zero attached hydrogens (tertiary/aromatic N) is 2. The highest BCUT2D eigenvalue weighted by Gasteiger charge is 2.20. The second kappa shape index (κ2) is 9.03. The lowest BCUT2D eigenvalue weighted by Crippen LogP contribution is -2.43. The van der Waals surface area contributed by atoms with Gasteiger partial charge in [-0.2, -0.15) is 0 Å². The van der Waals surface area contributed by atoms with Gasteiger partial charge in [0.1, 0.15) is 0 Å². The third-order valence-electron chi connectivity index (χ3n) is 4.84. The van der Waals surface area contributed by atoms with Crippen LogP contribution in [0.2, 0.25) is 5.02 Å². The molecule has 0 unspecified atom stereocenters. The fraction of sp³-hybridized carbons (Fsp3) is 0.227. The molecule has 6 nitrogen and oxygen atoms in total. The van der Waals surface area contributed by atoms with Gasteiger partial charge in [-0.05, 0) is 55.8 Å². The minimum Gasteiger partial charge on any atom is -0.325 e. The van der Waals surface area contributed by atoms with Crippen LogP contribution in [-0.4, -0.2) is 28.5 Å². The van der Waals surface area contributed by atoms with E-state index in [0.717, 1.165) is 48.4 Å². The number of carbonyl (C=O) groups excluding carboxylic acids is 1. The van der Waals surface area contributed by atoms with Gasteiger partial charge in [0, 0.05) is 28.2 Å². The van der Waals surface area contributed by atoms with Gasteiger partial charge >= 0.3 is 0 Å². The molecule has 4 rings (SSSR count). The van der Waals surface area contributed by atoms with Crippen molar-refractivity contribution in [2.75, 3.05) is 17.2 Å². The normalized spacial score (nSPS) is 16.2. The van der Waals surface area contributed by atoms with Crippen LogP contribution in [0.5, 0.6) is 0 Å². The van der Waals surface area contributed by atoms with Crippen molar-refractivity contribution in [3.8, 4) is 11.3 Å². The summed E-state index contributed by atoms with van der Waals surface area (Å²) in [6.07, 6.45) is 4.79. The molecule has 1 amide bonds. The second-order valence-electron chi connectivity index (χ2n) is 6.94. The zero-order chi connectivity index (χ0) is 20.1. The molecule has 1 atom stereocenters. The van der Waals surface area contributed by atoms with Crippen molar-refractivity contribution in [2.24, 2.45) is 0 Å². The molecule has 1 fully saturated rings. The van der Waals surface area contributed by atoms with E-state index in [1.807, 2.05) is 54.6 Å². The molecule has 1 aliphatic heterocycles. The average Bonchev–Trinajstić information content (AvgIpc) is 2.76. The van der Waals surface area contributed by atoms with Crippen molar-refractivity contribution in [2.45, 2.75) is 25.3 Å². The van der Waals surface area contributed by atoms with E-state index in [9.17, 15) is 4.79 Å². The number of anilines is 3. The molecule has 0 spiro atoms. The molecule has 3 aromatic rings. The van der Waals surface area contributed by atoms with Crippen molar-refractivity contribution < 1.29 is 4.79 Å². The first-order valence-corrected chi connectivity index (χ1v) is 10.1. The maximum atomic E-state index is 12.3. The van der Waals surface area contributed by atoms with E-state index in [4.69, 9.17) is 11.6 Å². The summed E-state index contributed by atoms with van der Waals surface area (Å²) < 4.78 is 0. The van der Waals surface area contributed by atoms with Gasteiger partial charge in [-0.3, -0.25) is 4.79 Å². The van der Waals surface area contributed by atoms with E-state index >= 15 is 0 Å². The van der Waals surface area contributed by atoms with Gasteiger partial charge in [0.15, 0.2) is 0 Å². The van der Waals surface area contributed by atoms with Crippen LogP contribution in [0.4, 0.5) is 17.3 Å². The Kier molecular flexibility index (Phi) is 6.03. The number of rotatable bonds is 5. The topological polar surface area (TPSA) is 78.9 Å². The van der Waals surface area contributed by atoms with Crippen molar-refractivity contribution in [3.63, 3.8) is 0 Å². The Balaban J connectivity index is 1.42. The number of halogens is 1. The molecule has 29 heavy (non-hydrogen) atoms. The van der Waals surface area contributed by atoms with Crippen LogP contribution in [0.3, 0.4) is 0 Å². The van der Waals surface area contributed by atoms with Gasteiger partial charge in [-0.1, -0.05) is 36.2 Å². The molecule has 0 bridgehead atoms. The maximum absolute atomic E-state index is 12.3. The Labute approximate surface area is 174 Å². The predicted molar refractivity (Wildman–Crippen MR) is 116 cm³/mol. The Morgan fingerprint density at radius 2 is 1.83 bits per heavy atom. The second-order valence-corrected chi connectivity index (χ2v) is 7.35. The Morgan fingerprint density at radius 3 is 2.59 bits per heavy atom. The lowest BCUT2D eigenvalue weighted by Gasteiger charge is -2.22. The summed E-state index contributed by atoms with van der Waals surface area (Å²) in [6, 6.07) is 16.8. The average molecular weight is 408 g/mol. The molecule has 1 aliphatic rings. The summed E-state index contributed by atoms with van der Waals surface area (Å²) in [4.78, 5) is 21.1. The number of aromatic nitrogens is 2. The van der Waals surface area contributed by atoms with E-state index in [2.05, 4.69) is 25.9 Å².